The lowest BCUT2D eigenvalue weighted by atomic mass is 10.1. The molecule has 1 aliphatic rings. The molecule has 1 saturated heterocycles. The van der Waals surface area contributed by atoms with Crippen molar-refractivity contribution in [2.24, 2.45) is 0 Å². The zero-order valence-corrected chi connectivity index (χ0v) is 14.0. The Balaban J connectivity index is 1.89. The number of β-amino-alcohol motifs (C(OH)–C–C–N with tert-alkyl or cyclic N) is 1. The summed E-state index contributed by atoms with van der Waals surface area (Å²) in [6, 6.07) is 3.69. The summed E-state index contributed by atoms with van der Waals surface area (Å²) < 4.78 is 32.1. The van der Waals surface area contributed by atoms with E-state index >= 15 is 0 Å². The quantitative estimate of drug-likeness (QED) is 0.796. The Morgan fingerprint density at radius 1 is 1.38 bits per heavy atom. The van der Waals surface area contributed by atoms with E-state index in [-0.39, 0.29) is 24.1 Å². The van der Waals surface area contributed by atoms with Gasteiger partial charge in [-0.2, -0.15) is 0 Å². The van der Waals surface area contributed by atoms with Crippen LogP contribution in [0, 0.1) is 11.6 Å². The summed E-state index contributed by atoms with van der Waals surface area (Å²) in [4.78, 5) is 15.4. The maximum Gasteiger partial charge on any atom is 0.306 e. The topological polar surface area (TPSA) is 53.0 Å². The van der Waals surface area contributed by atoms with Gasteiger partial charge in [-0.1, -0.05) is 6.07 Å². The zero-order valence-electron chi connectivity index (χ0n) is 14.0. The summed E-state index contributed by atoms with van der Waals surface area (Å²) >= 11 is 0. The number of esters is 1. The van der Waals surface area contributed by atoms with Gasteiger partial charge >= 0.3 is 5.97 Å². The number of hydrogen-bond donors (Lipinski definition) is 1. The average molecular weight is 342 g/mol. The minimum absolute atomic E-state index is 0.112. The van der Waals surface area contributed by atoms with Crippen molar-refractivity contribution in [1.82, 2.24) is 9.80 Å². The lowest BCUT2D eigenvalue weighted by Gasteiger charge is -2.40. The molecule has 2 unspecified atom stereocenters. The summed E-state index contributed by atoms with van der Waals surface area (Å²) in [5.74, 6) is -1.70. The van der Waals surface area contributed by atoms with Crippen LogP contribution in [0.3, 0.4) is 0 Å². The molecule has 1 aromatic carbocycles. The summed E-state index contributed by atoms with van der Waals surface area (Å²) in [5.41, 5.74) is -0.280. The highest BCUT2D eigenvalue weighted by atomic mass is 19.1. The Hall–Kier alpha value is -1.57. The Kier molecular flexibility index (Phi) is 6.65. The fourth-order valence-electron chi connectivity index (χ4n) is 3.04. The van der Waals surface area contributed by atoms with E-state index in [4.69, 9.17) is 0 Å². The van der Waals surface area contributed by atoms with Gasteiger partial charge in [-0.05, 0) is 19.1 Å². The molecule has 1 aromatic rings. The van der Waals surface area contributed by atoms with Gasteiger partial charge in [0.25, 0.3) is 0 Å². The number of aliphatic hydroxyl groups is 1. The summed E-state index contributed by atoms with van der Waals surface area (Å²) in [6.45, 7) is 4.90. The molecule has 2 atom stereocenters. The summed E-state index contributed by atoms with van der Waals surface area (Å²) in [6.07, 6.45) is -0.873. The van der Waals surface area contributed by atoms with Gasteiger partial charge in [0, 0.05) is 38.8 Å². The maximum atomic E-state index is 13.8. The Bertz CT molecular complexity index is 551. The largest absolute Gasteiger partial charge is 0.469 e. The van der Waals surface area contributed by atoms with Crippen LogP contribution < -0.4 is 0 Å². The second-order valence-electron chi connectivity index (χ2n) is 6.12. The van der Waals surface area contributed by atoms with Crippen LogP contribution >= 0.6 is 0 Å². The van der Waals surface area contributed by atoms with E-state index in [0.717, 1.165) is 25.2 Å². The molecule has 0 amide bonds. The normalized spacial score (nSPS) is 20.8. The molecule has 0 bridgehead atoms. The minimum atomic E-state index is -1.21. The van der Waals surface area contributed by atoms with E-state index in [1.807, 2.05) is 11.8 Å². The number of halogens is 2. The van der Waals surface area contributed by atoms with Crippen molar-refractivity contribution in [3.8, 4) is 0 Å². The monoisotopic (exact) mass is 342 g/mol. The van der Waals surface area contributed by atoms with Crippen LogP contribution in [0.2, 0.25) is 0 Å². The second kappa shape index (κ2) is 8.50. The number of carbonyl (C=O) groups is 1. The predicted molar refractivity (Wildman–Crippen MR) is 85.4 cm³/mol. The lowest BCUT2D eigenvalue weighted by molar-refractivity contribution is -0.141. The highest BCUT2D eigenvalue weighted by molar-refractivity contribution is 5.69. The van der Waals surface area contributed by atoms with Crippen LogP contribution in [0.5, 0.6) is 0 Å². The lowest BCUT2D eigenvalue weighted by Crippen LogP contribution is -2.53. The van der Waals surface area contributed by atoms with Crippen molar-refractivity contribution < 1.29 is 23.4 Å². The van der Waals surface area contributed by atoms with Gasteiger partial charge < -0.3 is 9.84 Å². The van der Waals surface area contributed by atoms with Gasteiger partial charge in [0.15, 0.2) is 0 Å². The molecule has 1 fully saturated rings. The third kappa shape index (κ3) is 4.72. The highest BCUT2D eigenvalue weighted by Gasteiger charge is 2.27. The van der Waals surface area contributed by atoms with Crippen LogP contribution in [-0.4, -0.2) is 66.8 Å². The average Bonchev–Trinajstić information content (AvgIpc) is 2.54. The number of aliphatic hydroxyl groups excluding tert-OH is 1. The fraction of sp³-hybridized carbons (Fsp3) is 0.588. The van der Waals surface area contributed by atoms with E-state index in [0.29, 0.717) is 19.5 Å². The standard InChI is InChI=1S/C17H24F2N2O3/c1-12-10-20(7-6-16(23)24-2)8-9-21(12)11-15(22)17-13(18)4-3-5-14(17)19/h3-5,12,15,22H,6-11H2,1-2H3. The summed E-state index contributed by atoms with van der Waals surface area (Å²) in [5, 5.41) is 10.2. The molecule has 7 heteroatoms. The number of carbonyl (C=O) groups excluding carboxylic acids is 1. The van der Waals surface area contributed by atoms with Crippen molar-refractivity contribution in [3.05, 3.63) is 35.4 Å². The first-order valence-corrected chi connectivity index (χ1v) is 8.07. The molecule has 1 aliphatic heterocycles. The number of piperazine rings is 1. The molecule has 2 rings (SSSR count). The van der Waals surface area contributed by atoms with E-state index < -0.39 is 17.7 Å². The smallest absolute Gasteiger partial charge is 0.306 e. The molecule has 0 aliphatic carbocycles. The fourth-order valence-corrected chi connectivity index (χ4v) is 3.04. The van der Waals surface area contributed by atoms with Crippen LogP contribution in [0.4, 0.5) is 8.78 Å². The van der Waals surface area contributed by atoms with Crippen molar-refractivity contribution in [1.29, 1.82) is 0 Å². The van der Waals surface area contributed by atoms with Crippen molar-refractivity contribution in [2.45, 2.75) is 25.5 Å². The van der Waals surface area contributed by atoms with Gasteiger partial charge in [0.05, 0.1) is 25.2 Å². The second-order valence-corrected chi connectivity index (χ2v) is 6.12. The van der Waals surface area contributed by atoms with Crippen LogP contribution in [0.15, 0.2) is 18.2 Å². The first-order valence-electron chi connectivity index (χ1n) is 8.07. The van der Waals surface area contributed by atoms with E-state index in [2.05, 4.69) is 9.64 Å². The highest BCUT2D eigenvalue weighted by Crippen LogP contribution is 2.23. The van der Waals surface area contributed by atoms with Gasteiger partial charge in [0.2, 0.25) is 0 Å². The molecule has 1 N–H and O–H groups in total. The number of hydrogen-bond acceptors (Lipinski definition) is 5. The maximum absolute atomic E-state index is 13.8. The number of ether oxygens (including phenoxy) is 1. The van der Waals surface area contributed by atoms with E-state index in [1.165, 1.54) is 13.2 Å². The van der Waals surface area contributed by atoms with Gasteiger partial charge in [-0.25, -0.2) is 8.78 Å². The molecule has 0 aromatic heterocycles. The first-order chi connectivity index (χ1) is 11.4. The predicted octanol–water partition coefficient (Wildman–Crippen LogP) is 1.57. The third-order valence-corrected chi connectivity index (χ3v) is 4.45. The first kappa shape index (κ1) is 18.8. The number of benzene rings is 1. The molecular weight excluding hydrogens is 318 g/mol. The molecule has 134 valence electrons. The van der Waals surface area contributed by atoms with Gasteiger partial charge in [-0.3, -0.25) is 14.6 Å². The molecule has 0 spiro atoms. The molecule has 24 heavy (non-hydrogen) atoms. The Labute approximate surface area is 140 Å². The molecule has 0 saturated carbocycles. The van der Waals surface area contributed by atoms with Crippen molar-refractivity contribution >= 4 is 5.97 Å². The molecular formula is C17H24F2N2O3. The Morgan fingerprint density at radius 3 is 2.62 bits per heavy atom. The van der Waals surface area contributed by atoms with Gasteiger partial charge in [0.1, 0.15) is 11.6 Å². The molecule has 0 radical (unpaired) electrons. The van der Waals surface area contributed by atoms with Crippen molar-refractivity contribution in [2.75, 3.05) is 39.8 Å². The van der Waals surface area contributed by atoms with Crippen LogP contribution in [0.1, 0.15) is 25.0 Å². The minimum Gasteiger partial charge on any atom is -0.469 e. The SMILES string of the molecule is COC(=O)CCN1CCN(CC(O)c2c(F)cccc2F)C(C)C1. The number of nitrogens with zero attached hydrogens (tertiary/aromatic N) is 2. The number of rotatable bonds is 6. The van der Waals surface area contributed by atoms with E-state index in [1.54, 1.807) is 0 Å². The number of methoxy groups -OCH3 is 1. The summed E-state index contributed by atoms with van der Waals surface area (Å²) in [7, 11) is 1.37. The molecule has 1 heterocycles. The zero-order chi connectivity index (χ0) is 17.7. The molecule has 5 nitrogen and oxygen atoms in total. The van der Waals surface area contributed by atoms with Crippen molar-refractivity contribution in [3.63, 3.8) is 0 Å². The van der Waals surface area contributed by atoms with Crippen LogP contribution in [0.25, 0.3) is 0 Å². The van der Waals surface area contributed by atoms with E-state index in [9.17, 15) is 18.7 Å². The Morgan fingerprint density at radius 2 is 2.04 bits per heavy atom. The van der Waals surface area contributed by atoms with Crippen LogP contribution in [-0.2, 0) is 9.53 Å². The van der Waals surface area contributed by atoms with Gasteiger partial charge in [-0.15, -0.1) is 0 Å². The third-order valence-electron chi connectivity index (χ3n) is 4.45.